The highest BCUT2D eigenvalue weighted by Gasteiger charge is 2.33. The van der Waals surface area contributed by atoms with Crippen LogP contribution >= 0.6 is 0 Å². The number of aromatic amines is 1. The maximum absolute atomic E-state index is 13.1. The van der Waals surface area contributed by atoms with Crippen molar-refractivity contribution >= 4 is 17.6 Å². The fourth-order valence-corrected chi connectivity index (χ4v) is 3.49. The number of likely N-dealkylation sites (tertiary alicyclic amines) is 1. The molecule has 2 heterocycles. The molecule has 1 unspecified atom stereocenters. The summed E-state index contributed by atoms with van der Waals surface area (Å²) in [5.41, 5.74) is 1.92. The minimum atomic E-state index is -0.637. The summed E-state index contributed by atoms with van der Waals surface area (Å²) in [6.45, 7) is 7.06. The summed E-state index contributed by atoms with van der Waals surface area (Å²) in [6.07, 6.45) is 3.13. The van der Waals surface area contributed by atoms with E-state index < -0.39 is 6.04 Å². The van der Waals surface area contributed by atoms with E-state index in [2.05, 4.69) is 36.3 Å². The average Bonchev–Trinajstić information content (AvgIpc) is 3.02. The van der Waals surface area contributed by atoms with E-state index in [0.717, 1.165) is 30.5 Å². The lowest BCUT2D eigenvalue weighted by atomic mass is 9.91. The Balaban J connectivity index is 1.80. The van der Waals surface area contributed by atoms with Gasteiger partial charge in [0.2, 0.25) is 5.91 Å². The van der Waals surface area contributed by atoms with Crippen LogP contribution in [0.5, 0.6) is 0 Å². The normalized spacial score (nSPS) is 16.3. The molecule has 3 rings (SSSR count). The first-order valence-corrected chi connectivity index (χ1v) is 9.53. The smallest absolute Gasteiger partial charge is 0.253 e. The second-order valence-electron chi connectivity index (χ2n) is 8.36. The molecule has 2 N–H and O–H groups in total. The Kier molecular flexibility index (Phi) is 5.63. The van der Waals surface area contributed by atoms with E-state index in [0.29, 0.717) is 18.8 Å². The fourth-order valence-electron chi connectivity index (χ4n) is 3.49. The van der Waals surface area contributed by atoms with Gasteiger partial charge in [0, 0.05) is 24.7 Å². The molecule has 0 radical (unpaired) electrons. The molecular formula is C21H28N4O2. The number of benzene rings is 1. The Morgan fingerprint density at radius 3 is 2.67 bits per heavy atom. The summed E-state index contributed by atoms with van der Waals surface area (Å²) in [5, 5.41) is 10.1. The van der Waals surface area contributed by atoms with Gasteiger partial charge in [-0.15, -0.1) is 0 Å². The summed E-state index contributed by atoms with van der Waals surface area (Å²) in [5.74, 6) is 0.288. The highest BCUT2D eigenvalue weighted by Crippen LogP contribution is 2.27. The van der Waals surface area contributed by atoms with Crippen LogP contribution in [0.3, 0.4) is 0 Å². The van der Waals surface area contributed by atoms with Crippen molar-refractivity contribution in [2.24, 2.45) is 5.41 Å². The predicted molar refractivity (Wildman–Crippen MR) is 105 cm³/mol. The number of carbonyl (C=O) groups is 2. The van der Waals surface area contributed by atoms with Crippen molar-refractivity contribution < 1.29 is 9.59 Å². The van der Waals surface area contributed by atoms with Crippen LogP contribution in [-0.2, 0) is 16.0 Å². The molecule has 1 aromatic carbocycles. The van der Waals surface area contributed by atoms with Crippen molar-refractivity contribution in [1.82, 2.24) is 15.1 Å². The van der Waals surface area contributed by atoms with Gasteiger partial charge in [0.1, 0.15) is 6.04 Å². The molecule has 144 valence electrons. The lowest BCUT2D eigenvalue weighted by Crippen LogP contribution is -2.43. The fraction of sp³-hybridized carbons (Fsp3) is 0.476. The number of carbonyl (C=O) groups excluding carboxylic acids is 2. The number of amides is 2. The molecule has 2 amide bonds. The molecule has 6 heteroatoms. The maximum atomic E-state index is 13.1. The molecule has 27 heavy (non-hydrogen) atoms. The highest BCUT2D eigenvalue weighted by molar-refractivity contribution is 5.97. The van der Waals surface area contributed by atoms with Crippen molar-refractivity contribution in [2.45, 2.75) is 52.5 Å². The third kappa shape index (κ3) is 4.96. The number of hydrogen-bond donors (Lipinski definition) is 2. The van der Waals surface area contributed by atoms with Crippen LogP contribution in [0, 0.1) is 5.41 Å². The SMILES string of the molecule is CC(C)(C)Cc1cc(NC(=O)C(c2ccccc2)N2CCCCC2=O)n[nH]1. The highest BCUT2D eigenvalue weighted by atomic mass is 16.2. The van der Waals surface area contributed by atoms with Crippen LogP contribution in [0.25, 0.3) is 0 Å². The number of nitrogens with one attached hydrogen (secondary N) is 2. The first kappa shape index (κ1) is 19.1. The van der Waals surface area contributed by atoms with Gasteiger partial charge in [-0.05, 0) is 30.2 Å². The van der Waals surface area contributed by atoms with Crippen molar-refractivity contribution in [2.75, 3.05) is 11.9 Å². The topological polar surface area (TPSA) is 78.1 Å². The van der Waals surface area contributed by atoms with Crippen LogP contribution in [0.1, 0.15) is 57.3 Å². The van der Waals surface area contributed by atoms with E-state index in [1.807, 2.05) is 36.4 Å². The summed E-state index contributed by atoms with van der Waals surface area (Å²) in [6, 6.07) is 10.7. The van der Waals surface area contributed by atoms with Crippen LogP contribution in [0.4, 0.5) is 5.82 Å². The Labute approximate surface area is 160 Å². The molecule has 1 saturated heterocycles. The molecule has 2 aromatic rings. The molecular weight excluding hydrogens is 340 g/mol. The van der Waals surface area contributed by atoms with Crippen molar-refractivity contribution in [3.8, 4) is 0 Å². The van der Waals surface area contributed by atoms with E-state index in [-0.39, 0.29) is 17.2 Å². The van der Waals surface area contributed by atoms with Crippen LogP contribution < -0.4 is 5.32 Å². The second kappa shape index (κ2) is 7.94. The third-order valence-electron chi connectivity index (χ3n) is 4.64. The van der Waals surface area contributed by atoms with Gasteiger partial charge in [0.15, 0.2) is 5.82 Å². The van der Waals surface area contributed by atoms with Gasteiger partial charge in [-0.25, -0.2) is 0 Å². The van der Waals surface area contributed by atoms with E-state index in [1.54, 1.807) is 4.90 Å². The Morgan fingerprint density at radius 2 is 2.00 bits per heavy atom. The number of nitrogens with zero attached hydrogens (tertiary/aromatic N) is 2. The molecule has 1 fully saturated rings. The van der Waals surface area contributed by atoms with Gasteiger partial charge in [0.05, 0.1) is 0 Å². The standard InChI is InChI=1S/C21H28N4O2/c1-21(2,3)14-16-13-17(24-23-16)22-20(27)19(15-9-5-4-6-10-15)25-12-8-7-11-18(25)26/h4-6,9-10,13,19H,7-8,11-12,14H2,1-3H3,(H2,22,23,24,27). The Hall–Kier alpha value is -2.63. The molecule has 1 atom stereocenters. The number of aromatic nitrogens is 2. The van der Waals surface area contributed by atoms with Crippen LogP contribution in [0.2, 0.25) is 0 Å². The molecule has 0 spiro atoms. The summed E-state index contributed by atoms with van der Waals surface area (Å²) in [7, 11) is 0. The zero-order valence-corrected chi connectivity index (χ0v) is 16.3. The van der Waals surface area contributed by atoms with E-state index in [9.17, 15) is 9.59 Å². The van der Waals surface area contributed by atoms with E-state index >= 15 is 0 Å². The van der Waals surface area contributed by atoms with Crippen LogP contribution in [0.15, 0.2) is 36.4 Å². The van der Waals surface area contributed by atoms with E-state index in [4.69, 9.17) is 0 Å². The van der Waals surface area contributed by atoms with Crippen molar-refractivity contribution in [1.29, 1.82) is 0 Å². The van der Waals surface area contributed by atoms with Gasteiger partial charge < -0.3 is 10.2 Å². The van der Waals surface area contributed by atoms with Crippen LogP contribution in [-0.4, -0.2) is 33.5 Å². The Bertz CT molecular complexity index is 792. The van der Waals surface area contributed by atoms with Gasteiger partial charge in [-0.3, -0.25) is 14.7 Å². The average molecular weight is 368 g/mol. The zero-order valence-electron chi connectivity index (χ0n) is 16.3. The summed E-state index contributed by atoms with van der Waals surface area (Å²) in [4.78, 5) is 27.2. The second-order valence-corrected chi connectivity index (χ2v) is 8.36. The molecule has 0 saturated carbocycles. The number of rotatable bonds is 5. The number of anilines is 1. The molecule has 1 aliphatic heterocycles. The minimum absolute atomic E-state index is 0.0284. The minimum Gasteiger partial charge on any atom is -0.327 e. The Morgan fingerprint density at radius 1 is 1.26 bits per heavy atom. The lowest BCUT2D eigenvalue weighted by molar-refractivity contribution is -0.141. The molecule has 0 bridgehead atoms. The van der Waals surface area contributed by atoms with Gasteiger partial charge in [0.25, 0.3) is 5.91 Å². The maximum Gasteiger partial charge on any atom is 0.253 e. The van der Waals surface area contributed by atoms with Crippen molar-refractivity contribution in [3.05, 3.63) is 47.7 Å². The molecule has 0 aliphatic carbocycles. The first-order chi connectivity index (χ1) is 12.8. The molecule has 1 aromatic heterocycles. The summed E-state index contributed by atoms with van der Waals surface area (Å²) < 4.78 is 0. The largest absolute Gasteiger partial charge is 0.327 e. The molecule has 1 aliphatic rings. The number of hydrogen-bond acceptors (Lipinski definition) is 3. The van der Waals surface area contributed by atoms with Gasteiger partial charge >= 0.3 is 0 Å². The predicted octanol–water partition coefficient (Wildman–Crippen LogP) is 3.69. The lowest BCUT2D eigenvalue weighted by Gasteiger charge is -2.33. The zero-order chi connectivity index (χ0) is 19.4. The van der Waals surface area contributed by atoms with Crippen molar-refractivity contribution in [3.63, 3.8) is 0 Å². The van der Waals surface area contributed by atoms with E-state index in [1.165, 1.54) is 0 Å². The third-order valence-corrected chi connectivity index (χ3v) is 4.64. The van der Waals surface area contributed by atoms with Gasteiger partial charge in [-0.2, -0.15) is 5.10 Å². The first-order valence-electron chi connectivity index (χ1n) is 9.53. The quantitative estimate of drug-likeness (QED) is 0.845. The number of piperidine rings is 1. The molecule has 6 nitrogen and oxygen atoms in total. The summed E-state index contributed by atoms with van der Waals surface area (Å²) >= 11 is 0. The number of H-pyrrole nitrogens is 1. The van der Waals surface area contributed by atoms with Gasteiger partial charge in [-0.1, -0.05) is 51.1 Å². The monoisotopic (exact) mass is 368 g/mol.